The number of carbonyl (C=O) groups is 2. The minimum Gasteiger partial charge on any atom is -0.348 e. The number of anilines is 1. The van der Waals surface area contributed by atoms with E-state index >= 15 is 0 Å². The van der Waals surface area contributed by atoms with E-state index in [2.05, 4.69) is 17.6 Å². The molecule has 27 heavy (non-hydrogen) atoms. The van der Waals surface area contributed by atoms with Crippen LogP contribution in [0.15, 0.2) is 54.6 Å². The zero-order chi connectivity index (χ0) is 19.6. The number of amides is 2. The molecule has 0 heterocycles. The Bertz CT molecular complexity index is 752. The zero-order valence-corrected chi connectivity index (χ0v) is 16.5. The predicted octanol–water partition coefficient (Wildman–Crippen LogP) is 3.87. The van der Waals surface area contributed by atoms with Gasteiger partial charge in [0, 0.05) is 0 Å². The van der Waals surface area contributed by atoms with Gasteiger partial charge in [-0.15, -0.1) is 0 Å². The largest absolute Gasteiger partial charge is 0.348 e. The van der Waals surface area contributed by atoms with E-state index < -0.39 is 0 Å². The highest BCUT2D eigenvalue weighted by molar-refractivity contribution is 6.33. The molecule has 2 N–H and O–H groups in total. The number of rotatable bonds is 9. The first-order valence-electron chi connectivity index (χ1n) is 9.06. The summed E-state index contributed by atoms with van der Waals surface area (Å²) in [6, 6.07) is 17.0. The Morgan fingerprint density at radius 2 is 1.63 bits per heavy atom. The molecule has 0 aliphatic carbocycles. The van der Waals surface area contributed by atoms with Crippen molar-refractivity contribution in [1.82, 2.24) is 10.2 Å². The summed E-state index contributed by atoms with van der Waals surface area (Å²) in [6.07, 6.45) is 1.84. The molecule has 2 amide bonds. The van der Waals surface area contributed by atoms with E-state index in [-0.39, 0.29) is 30.9 Å². The van der Waals surface area contributed by atoms with Crippen LogP contribution in [0, 0.1) is 0 Å². The topological polar surface area (TPSA) is 61.4 Å². The van der Waals surface area contributed by atoms with Gasteiger partial charge < -0.3 is 10.6 Å². The van der Waals surface area contributed by atoms with Crippen LogP contribution in [0.2, 0.25) is 5.02 Å². The van der Waals surface area contributed by atoms with E-state index in [0.29, 0.717) is 10.7 Å². The van der Waals surface area contributed by atoms with Crippen molar-refractivity contribution in [2.24, 2.45) is 0 Å². The van der Waals surface area contributed by atoms with Crippen molar-refractivity contribution in [2.45, 2.75) is 25.8 Å². The van der Waals surface area contributed by atoms with Crippen LogP contribution >= 0.6 is 11.6 Å². The summed E-state index contributed by atoms with van der Waals surface area (Å²) in [4.78, 5) is 26.2. The summed E-state index contributed by atoms with van der Waals surface area (Å²) in [5, 5.41) is 6.30. The second-order valence-electron chi connectivity index (χ2n) is 6.52. The predicted molar refractivity (Wildman–Crippen MR) is 110 cm³/mol. The second-order valence-corrected chi connectivity index (χ2v) is 6.93. The van der Waals surface area contributed by atoms with E-state index in [0.717, 1.165) is 18.4 Å². The molecule has 1 atom stereocenters. The Balaban J connectivity index is 1.85. The number of nitrogens with one attached hydrogen (secondary N) is 2. The first-order valence-corrected chi connectivity index (χ1v) is 9.44. The van der Waals surface area contributed by atoms with Crippen molar-refractivity contribution >= 4 is 29.1 Å². The fourth-order valence-corrected chi connectivity index (χ4v) is 3.02. The molecule has 0 aliphatic heterocycles. The van der Waals surface area contributed by atoms with Crippen molar-refractivity contribution in [3.63, 3.8) is 0 Å². The van der Waals surface area contributed by atoms with Gasteiger partial charge in [0.2, 0.25) is 11.8 Å². The van der Waals surface area contributed by atoms with Gasteiger partial charge in [-0.05, 0) is 31.2 Å². The third kappa shape index (κ3) is 7.04. The highest BCUT2D eigenvalue weighted by Gasteiger charge is 2.16. The molecule has 2 rings (SSSR count). The lowest BCUT2D eigenvalue weighted by atomic mass is 10.0. The van der Waals surface area contributed by atoms with E-state index in [9.17, 15) is 9.59 Å². The van der Waals surface area contributed by atoms with E-state index in [1.54, 1.807) is 36.2 Å². The van der Waals surface area contributed by atoms with Crippen molar-refractivity contribution in [3.05, 3.63) is 65.2 Å². The zero-order valence-electron chi connectivity index (χ0n) is 15.7. The summed E-state index contributed by atoms with van der Waals surface area (Å²) in [7, 11) is 1.74. The highest BCUT2D eigenvalue weighted by atomic mass is 35.5. The molecule has 0 spiro atoms. The summed E-state index contributed by atoms with van der Waals surface area (Å²) in [5.41, 5.74) is 1.65. The van der Waals surface area contributed by atoms with Gasteiger partial charge in [0.05, 0.1) is 29.8 Å². The molecule has 5 nitrogen and oxygen atoms in total. The molecule has 2 aromatic rings. The molecular formula is C21H26ClN3O2. The standard InChI is InChI=1S/C21H26ClN3O2/c1-3-9-18(16-10-5-4-6-11-16)23-20(26)14-25(2)15-21(27)24-19-13-8-7-12-17(19)22/h4-8,10-13,18H,3,9,14-15H2,1-2H3,(H,23,26)(H,24,27)/t18-/m1/s1. The Kier molecular flexibility index (Phi) is 8.30. The van der Waals surface area contributed by atoms with Crippen LogP contribution < -0.4 is 10.6 Å². The van der Waals surface area contributed by atoms with Gasteiger partial charge >= 0.3 is 0 Å². The molecule has 0 bridgehead atoms. The first-order chi connectivity index (χ1) is 13.0. The number of halogens is 1. The van der Waals surface area contributed by atoms with Gasteiger partial charge in [-0.1, -0.05) is 67.4 Å². The number of para-hydroxylation sites is 1. The van der Waals surface area contributed by atoms with Gasteiger partial charge in [-0.25, -0.2) is 0 Å². The second kappa shape index (κ2) is 10.7. The lowest BCUT2D eigenvalue weighted by molar-refractivity contribution is -0.123. The summed E-state index contributed by atoms with van der Waals surface area (Å²) >= 11 is 6.04. The molecule has 0 saturated carbocycles. The lowest BCUT2D eigenvalue weighted by Gasteiger charge is -2.21. The Morgan fingerprint density at radius 3 is 2.30 bits per heavy atom. The number of nitrogens with zero attached hydrogens (tertiary/aromatic N) is 1. The smallest absolute Gasteiger partial charge is 0.238 e. The third-order valence-corrected chi connectivity index (χ3v) is 4.42. The van der Waals surface area contributed by atoms with Crippen molar-refractivity contribution < 1.29 is 9.59 Å². The lowest BCUT2D eigenvalue weighted by Crippen LogP contribution is -2.40. The fourth-order valence-electron chi connectivity index (χ4n) is 2.83. The number of carbonyl (C=O) groups excluding carboxylic acids is 2. The van der Waals surface area contributed by atoms with Gasteiger partial charge in [-0.2, -0.15) is 0 Å². The molecule has 0 fully saturated rings. The van der Waals surface area contributed by atoms with Crippen LogP contribution in [0.25, 0.3) is 0 Å². The number of benzene rings is 2. The van der Waals surface area contributed by atoms with Crippen molar-refractivity contribution in [1.29, 1.82) is 0 Å². The molecule has 6 heteroatoms. The Hall–Kier alpha value is -2.37. The van der Waals surface area contributed by atoms with Crippen LogP contribution in [0.4, 0.5) is 5.69 Å². The molecule has 2 aromatic carbocycles. The average Bonchev–Trinajstić information content (AvgIpc) is 2.63. The molecule has 0 saturated heterocycles. The maximum absolute atomic E-state index is 12.4. The molecule has 0 aromatic heterocycles. The van der Waals surface area contributed by atoms with Gasteiger partial charge in [0.15, 0.2) is 0 Å². The Labute approximate surface area is 165 Å². The third-order valence-electron chi connectivity index (χ3n) is 4.09. The summed E-state index contributed by atoms with van der Waals surface area (Å²) in [5.74, 6) is -0.322. The molecule has 0 radical (unpaired) electrons. The fraction of sp³-hybridized carbons (Fsp3) is 0.333. The Morgan fingerprint density at radius 1 is 1.00 bits per heavy atom. The number of hydrogen-bond acceptors (Lipinski definition) is 3. The number of likely N-dealkylation sites (N-methyl/N-ethyl adjacent to an activating group) is 1. The van der Waals surface area contributed by atoms with E-state index in [1.165, 1.54) is 0 Å². The quantitative estimate of drug-likeness (QED) is 0.686. The monoisotopic (exact) mass is 387 g/mol. The maximum atomic E-state index is 12.4. The van der Waals surface area contributed by atoms with Gasteiger partial charge in [0.25, 0.3) is 0 Å². The van der Waals surface area contributed by atoms with E-state index in [4.69, 9.17) is 11.6 Å². The van der Waals surface area contributed by atoms with Crippen LogP contribution in [-0.2, 0) is 9.59 Å². The average molecular weight is 388 g/mol. The maximum Gasteiger partial charge on any atom is 0.238 e. The number of hydrogen-bond donors (Lipinski definition) is 2. The SMILES string of the molecule is CCC[C@@H](NC(=O)CN(C)CC(=O)Nc1ccccc1Cl)c1ccccc1. The first kappa shape index (κ1) is 20.9. The van der Waals surface area contributed by atoms with E-state index in [1.807, 2.05) is 30.3 Å². The molecule has 144 valence electrons. The highest BCUT2D eigenvalue weighted by Crippen LogP contribution is 2.20. The molecular weight excluding hydrogens is 362 g/mol. The van der Waals surface area contributed by atoms with Crippen LogP contribution in [0.3, 0.4) is 0 Å². The summed E-state index contributed by atoms with van der Waals surface area (Å²) < 4.78 is 0. The molecule has 0 aliphatic rings. The van der Waals surface area contributed by atoms with Crippen LogP contribution in [0.1, 0.15) is 31.4 Å². The summed E-state index contributed by atoms with van der Waals surface area (Å²) in [6.45, 7) is 2.33. The van der Waals surface area contributed by atoms with Gasteiger partial charge in [0.1, 0.15) is 0 Å². The van der Waals surface area contributed by atoms with Crippen LogP contribution in [-0.4, -0.2) is 36.9 Å². The van der Waals surface area contributed by atoms with Gasteiger partial charge in [-0.3, -0.25) is 14.5 Å². The van der Waals surface area contributed by atoms with Crippen molar-refractivity contribution in [2.75, 3.05) is 25.5 Å². The van der Waals surface area contributed by atoms with Crippen LogP contribution in [0.5, 0.6) is 0 Å². The normalized spacial score (nSPS) is 11.9. The minimum absolute atomic E-state index is 0.0194. The van der Waals surface area contributed by atoms with Crippen molar-refractivity contribution in [3.8, 4) is 0 Å². The molecule has 0 unspecified atom stereocenters. The minimum atomic E-state index is -0.216.